The van der Waals surface area contributed by atoms with Crippen LogP contribution in [0.15, 0.2) is 91.5 Å². The van der Waals surface area contributed by atoms with E-state index < -0.39 is 0 Å². The summed E-state index contributed by atoms with van der Waals surface area (Å²) < 4.78 is 7.93. The molecular formula is C28H26N4O2. The number of amides is 1. The number of benzene rings is 2. The topological polar surface area (TPSA) is 60.3 Å². The number of ether oxygens (including phenoxy) is 1. The zero-order valence-corrected chi connectivity index (χ0v) is 18.9. The summed E-state index contributed by atoms with van der Waals surface area (Å²) in [6, 6.07) is 23.9. The van der Waals surface area contributed by atoms with E-state index in [-0.39, 0.29) is 5.91 Å². The second-order valence-corrected chi connectivity index (χ2v) is 8.27. The van der Waals surface area contributed by atoms with E-state index >= 15 is 0 Å². The molecule has 0 fully saturated rings. The van der Waals surface area contributed by atoms with Crippen molar-refractivity contribution in [2.24, 2.45) is 0 Å². The maximum absolute atomic E-state index is 13.8. The number of aromatic nitrogens is 3. The van der Waals surface area contributed by atoms with Crippen molar-refractivity contribution in [3.63, 3.8) is 0 Å². The van der Waals surface area contributed by atoms with Crippen LogP contribution in [-0.4, -0.2) is 31.9 Å². The molecule has 6 heteroatoms. The van der Waals surface area contributed by atoms with Crippen molar-refractivity contribution < 1.29 is 9.53 Å². The molecule has 2 aromatic heterocycles. The summed E-state index contributed by atoms with van der Waals surface area (Å²) in [4.78, 5) is 24.5. The number of fused-ring (bicyclic) bond motifs is 1. The third-order valence-electron chi connectivity index (χ3n) is 5.88. The Morgan fingerprint density at radius 1 is 0.912 bits per heavy atom. The van der Waals surface area contributed by atoms with Gasteiger partial charge in [0.15, 0.2) is 0 Å². The van der Waals surface area contributed by atoms with Crippen molar-refractivity contribution in [2.45, 2.75) is 26.3 Å². The fraction of sp³-hybridized carbons (Fsp3) is 0.179. The molecule has 3 heterocycles. The first kappa shape index (κ1) is 21.8. The van der Waals surface area contributed by atoms with Gasteiger partial charge in [0.05, 0.1) is 29.9 Å². The minimum absolute atomic E-state index is 0.00998. The number of pyridine rings is 1. The quantitative estimate of drug-likeness (QED) is 0.387. The molecule has 0 unspecified atom stereocenters. The first-order chi connectivity index (χ1) is 16.8. The fourth-order valence-electron chi connectivity index (χ4n) is 4.18. The predicted octanol–water partition coefficient (Wildman–Crippen LogP) is 4.58. The molecule has 5 rings (SSSR count). The van der Waals surface area contributed by atoms with Gasteiger partial charge >= 0.3 is 0 Å². The molecule has 0 atom stereocenters. The van der Waals surface area contributed by atoms with Crippen LogP contribution >= 0.6 is 0 Å². The first-order valence-corrected chi connectivity index (χ1v) is 11.4. The molecule has 0 bridgehead atoms. The van der Waals surface area contributed by atoms with Gasteiger partial charge in [0, 0.05) is 31.9 Å². The van der Waals surface area contributed by atoms with Gasteiger partial charge in [-0.25, -0.2) is 4.98 Å². The molecule has 1 aliphatic heterocycles. The van der Waals surface area contributed by atoms with Gasteiger partial charge < -0.3 is 14.2 Å². The highest BCUT2D eigenvalue weighted by Gasteiger charge is 2.29. The Balaban J connectivity index is 1.45. The molecule has 170 valence electrons. The van der Waals surface area contributed by atoms with Crippen LogP contribution in [0, 0.1) is 0 Å². The second-order valence-electron chi connectivity index (χ2n) is 8.27. The van der Waals surface area contributed by atoms with E-state index in [1.807, 2.05) is 88.3 Å². The summed E-state index contributed by atoms with van der Waals surface area (Å²) in [5.41, 5.74) is 5.48. The van der Waals surface area contributed by atoms with Crippen LogP contribution in [-0.2, 0) is 35.8 Å². The Hall–Kier alpha value is -4.03. The van der Waals surface area contributed by atoms with Gasteiger partial charge in [-0.15, -0.1) is 0 Å². The van der Waals surface area contributed by atoms with Crippen LogP contribution in [0.1, 0.15) is 28.1 Å². The largest absolute Gasteiger partial charge is 0.356 e. The number of carbonyl (C=O) groups is 1. The Morgan fingerprint density at radius 3 is 2.35 bits per heavy atom. The summed E-state index contributed by atoms with van der Waals surface area (Å²) >= 11 is 0. The van der Waals surface area contributed by atoms with Crippen LogP contribution in [0.25, 0.3) is 11.6 Å². The molecule has 6 nitrogen and oxygen atoms in total. The molecule has 0 saturated carbocycles. The summed E-state index contributed by atoms with van der Waals surface area (Å²) in [5, 5.41) is 0. The van der Waals surface area contributed by atoms with Crippen LogP contribution in [0.4, 0.5) is 0 Å². The van der Waals surface area contributed by atoms with E-state index in [9.17, 15) is 4.79 Å². The normalized spacial score (nSPS) is 14.8. The average Bonchev–Trinajstić information content (AvgIpc) is 3.23. The minimum atomic E-state index is -0.00998. The van der Waals surface area contributed by atoms with Gasteiger partial charge in [-0.2, -0.15) is 0 Å². The van der Waals surface area contributed by atoms with Crippen molar-refractivity contribution in [1.82, 2.24) is 19.4 Å². The molecule has 0 N–H and O–H groups in total. The van der Waals surface area contributed by atoms with Crippen LogP contribution in [0.5, 0.6) is 0 Å². The summed E-state index contributed by atoms with van der Waals surface area (Å²) in [7, 11) is 0. The van der Waals surface area contributed by atoms with Crippen molar-refractivity contribution in [3.8, 4) is 0 Å². The van der Waals surface area contributed by atoms with Gasteiger partial charge in [0.2, 0.25) is 0 Å². The van der Waals surface area contributed by atoms with E-state index in [1.54, 1.807) is 18.7 Å². The Kier molecular flexibility index (Phi) is 6.59. The Bertz CT molecular complexity index is 1270. The molecule has 34 heavy (non-hydrogen) atoms. The third-order valence-corrected chi connectivity index (χ3v) is 5.88. The summed E-state index contributed by atoms with van der Waals surface area (Å²) in [5.74, 6) is -0.00998. The van der Waals surface area contributed by atoms with E-state index in [0.29, 0.717) is 38.4 Å². The highest BCUT2D eigenvalue weighted by atomic mass is 16.5. The number of nitrogens with zero attached hydrogens (tertiary/aromatic N) is 4. The summed E-state index contributed by atoms with van der Waals surface area (Å²) in [6.07, 6.45) is 7.86. The zero-order chi connectivity index (χ0) is 23.2. The lowest BCUT2D eigenvalue weighted by atomic mass is 10.1. The molecule has 0 aliphatic carbocycles. The Morgan fingerprint density at radius 2 is 1.62 bits per heavy atom. The number of imidazole rings is 1. The van der Waals surface area contributed by atoms with E-state index in [2.05, 4.69) is 9.97 Å². The molecule has 2 aromatic carbocycles. The Labute approximate surface area is 199 Å². The highest BCUT2D eigenvalue weighted by Crippen LogP contribution is 2.28. The second kappa shape index (κ2) is 10.3. The van der Waals surface area contributed by atoms with Crippen molar-refractivity contribution in [3.05, 3.63) is 120 Å². The molecule has 0 saturated heterocycles. The lowest BCUT2D eigenvalue weighted by Gasteiger charge is -2.22. The van der Waals surface area contributed by atoms with Crippen LogP contribution in [0.3, 0.4) is 0 Å². The van der Waals surface area contributed by atoms with Crippen LogP contribution < -0.4 is 0 Å². The number of rotatable bonds is 7. The smallest absolute Gasteiger partial charge is 0.256 e. The van der Waals surface area contributed by atoms with Crippen molar-refractivity contribution in [1.29, 1.82) is 0 Å². The van der Waals surface area contributed by atoms with Crippen molar-refractivity contribution in [2.75, 3.05) is 6.54 Å². The number of hydrogen-bond acceptors (Lipinski definition) is 4. The SMILES string of the molecule is O=C1/C(=C\c2ccncc2)c2c(ncn2COCc2ccccc2)CCN1Cc1ccccc1. The maximum atomic E-state index is 13.8. The zero-order valence-electron chi connectivity index (χ0n) is 18.9. The predicted molar refractivity (Wildman–Crippen MR) is 131 cm³/mol. The molecular weight excluding hydrogens is 424 g/mol. The van der Waals surface area contributed by atoms with Gasteiger partial charge in [-0.05, 0) is 34.9 Å². The van der Waals surface area contributed by atoms with Crippen molar-refractivity contribution >= 4 is 17.6 Å². The fourth-order valence-corrected chi connectivity index (χ4v) is 4.18. The van der Waals surface area contributed by atoms with E-state index in [0.717, 1.165) is 28.1 Å². The standard InChI is InChI=1S/C28H26N4O2/c33-28-25(17-22-11-14-29-15-12-22)27-26(13-16-31(28)18-23-7-3-1-4-8-23)30-20-32(27)21-34-19-24-9-5-2-6-10-24/h1-12,14-15,17,20H,13,16,18-19,21H2/b25-17-. The molecule has 0 radical (unpaired) electrons. The molecule has 4 aromatic rings. The van der Waals surface area contributed by atoms with Gasteiger partial charge in [0.25, 0.3) is 5.91 Å². The van der Waals surface area contributed by atoms with Gasteiger partial charge in [0.1, 0.15) is 6.73 Å². The maximum Gasteiger partial charge on any atom is 0.256 e. The molecule has 1 aliphatic rings. The average molecular weight is 451 g/mol. The van der Waals surface area contributed by atoms with Gasteiger partial charge in [-0.1, -0.05) is 60.7 Å². The summed E-state index contributed by atoms with van der Waals surface area (Å²) in [6.45, 7) is 1.97. The first-order valence-electron chi connectivity index (χ1n) is 11.4. The minimum Gasteiger partial charge on any atom is -0.356 e. The highest BCUT2D eigenvalue weighted by molar-refractivity contribution is 6.24. The third kappa shape index (κ3) is 4.97. The monoisotopic (exact) mass is 450 g/mol. The van der Waals surface area contributed by atoms with Gasteiger partial charge in [-0.3, -0.25) is 9.78 Å². The molecule has 1 amide bonds. The van der Waals surface area contributed by atoms with Crippen LogP contribution in [0.2, 0.25) is 0 Å². The number of hydrogen-bond donors (Lipinski definition) is 0. The lowest BCUT2D eigenvalue weighted by Crippen LogP contribution is -2.31. The lowest BCUT2D eigenvalue weighted by molar-refractivity contribution is -0.125. The van der Waals surface area contributed by atoms with E-state index in [4.69, 9.17) is 4.74 Å². The molecule has 0 spiro atoms. The van der Waals surface area contributed by atoms with E-state index in [1.165, 1.54) is 0 Å². The number of carbonyl (C=O) groups excluding carboxylic acids is 1.